The number of nitrogens with two attached hydrogens (primary N) is 1. The maximum Gasteiger partial charge on any atom is 0.282 e. The molecular weight excluding hydrogens is 276 g/mol. The van der Waals surface area contributed by atoms with E-state index in [1.807, 2.05) is 0 Å². The molecule has 0 bridgehead atoms. The molecule has 2 N–H and O–H groups in total. The molecule has 2 aliphatic rings. The van der Waals surface area contributed by atoms with Crippen LogP contribution in [0.2, 0.25) is 0 Å². The fourth-order valence-electron chi connectivity index (χ4n) is 3.18. The van der Waals surface area contributed by atoms with Crippen molar-refractivity contribution in [3.8, 4) is 0 Å². The van der Waals surface area contributed by atoms with E-state index in [4.69, 9.17) is 5.73 Å². The molecule has 0 amide bonds. The molecule has 1 saturated carbocycles. The van der Waals surface area contributed by atoms with Gasteiger partial charge >= 0.3 is 0 Å². The normalized spacial score (nSPS) is 24.4. The van der Waals surface area contributed by atoms with Gasteiger partial charge in [0, 0.05) is 52.4 Å². The van der Waals surface area contributed by atoms with Crippen LogP contribution in [-0.2, 0) is 10.2 Å². The zero-order valence-corrected chi connectivity index (χ0v) is 13.3. The van der Waals surface area contributed by atoms with Crippen molar-refractivity contribution in [3.63, 3.8) is 0 Å². The lowest BCUT2D eigenvalue weighted by Gasteiger charge is -2.38. The SMILES string of the molecule is CN(C1CCCCC1)S(=O)(=O)N1CCN(CCN)CC1. The Morgan fingerprint density at radius 1 is 1.10 bits per heavy atom. The Hall–Kier alpha value is -0.210. The lowest BCUT2D eigenvalue weighted by Crippen LogP contribution is -2.54. The zero-order chi connectivity index (χ0) is 14.6. The minimum Gasteiger partial charge on any atom is -0.329 e. The molecule has 1 aliphatic heterocycles. The van der Waals surface area contributed by atoms with Crippen LogP contribution in [0.25, 0.3) is 0 Å². The van der Waals surface area contributed by atoms with Gasteiger partial charge in [-0.1, -0.05) is 19.3 Å². The Kier molecular flexibility index (Phi) is 5.80. The number of piperazine rings is 1. The summed E-state index contributed by atoms with van der Waals surface area (Å²) < 4.78 is 28.6. The van der Waals surface area contributed by atoms with E-state index >= 15 is 0 Å². The summed E-state index contributed by atoms with van der Waals surface area (Å²) in [6, 6.07) is 0.191. The van der Waals surface area contributed by atoms with Gasteiger partial charge in [0.25, 0.3) is 10.2 Å². The predicted octanol–water partition coefficient (Wildman–Crippen LogP) is 0.0720. The van der Waals surface area contributed by atoms with Crippen molar-refractivity contribution in [2.75, 3.05) is 46.3 Å². The smallest absolute Gasteiger partial charge is 0.282 e. The summed E-state index contributed by atoms with van der Waals surface area (Å²) in [6.07, 6.45) is 5.54. The lowest BCUT2D eigenvalue weighted by molar-refractivity contribution is 0.179. The maximum atomic E-state index is 12.7. The quantitative estimate of drug-likeness (QED) is 0.780. The molecule has 0 aromatic carbocycles. The first-order chi connectivity index (χ1) is 9.55. The molecule has 118 valence electrons. The van der Waals surface area contributed by atoms with Crippen molar-refractivity contribution < 1.29 is 8.42 Å². The molecular formula is C13H28N4O2S. The number of nitrogens with zero attached hydrogens (tertiary/aromatic N) is 3. The summed E-state index contributed by atoms with van der Waals surface area (Å²) in [5.41, 5.74) is 5.54. The first-order valence-corrected chi connectivity index (χ1v) is 9.11. The minimum atomic E-state index is -3.29. The van der Waals surface area contributed by atoms with E-state index in [1.165, 1.54) is 6.42 Å². The molecule has 0 spiro atoms. The topological polar surface area (TPSA) is 69.9 Å². The van der Waals surface area contributed by atoms with Crippen LogP contribution in [0.5, 0.6) is 0 Å². The van der Waals surface area contributed by atoms with Crippen LogP contribution >= 0.6 is 0 Å². The van der Waals surface area contributed by atoms with Gasteiger partial charge in [0.1, 0.15) is 0 Å². The largest absolute Gasteiger partial charge is 0.329 e. The summed E-state index contributed by atoms with van der Waals surface area (Å²) >= 11 is 0. The second-order valence-electron chi connectivity index (χ2n) is 5.85. The van der Waals surface area contributed by atoms with Crippen molar-refractivity contribution >= 4 is 10.2 Å². The van der Waals surface area contributed by atoms with Crippen molar-refractivity contribution in [2.45, 2.75) is 38.1 Å². The molecule has 0 radical (unpaired) electrons. The van der Waals surface area contributed by atoms with Crippen molar-refractivity contribution in [3.05, 3.63) is 0 Å². The Morgan fingerprint density at radius 2 is 1.70 bits per heavy atom. The Morgan fingerprint density at radius 3 is 2.25 bits per heavy atom. The van der Waals surface area contributed by atoms with Crippen molar-refractivity contribution in [2.24, 2.45) is 5.73 Å². The Balaban J connectivity index is 1.93. The third kappa shape index (κ3) is 3.71. The van der Waals surface area contributed by atoms with Crippen molar-refractivity contribution in [1.29, 1.82) is 0 Å². The molecule has 0 aromatic rings. The molecule has 0 aromatic heterocycles. The van der Waals surface area contributed by atoms with Gasteiger partial charge in [0.2, 0.25) is 0 Å². The van der Waals surface area contributed by atoms with Gasteiger partial charge in [0.05, 0.1) is 0 Å². The maximum absolute atomic E-state index is 12.7. The lowest BCUT2D eigenvalue weighted by atomic mass is 9.96. The molecule has 2 fully saturated rings. The van der Waals surface area contributed by atoms with E-state index < -0.39 is 10.2 Å². The monoisotopic (exact) mass is 304 g/mol. The molecule has 6 nitrogen and oxygen atoms in total. The third-order valence-electron chi connectivity index (χ3n) is 4.56. The van der Waals surface area contributed by atoms with E-state index in [1.54, 1.807) is 15.7 Å². The molecule has 20 heavy (non-hydrogen) atoms. The minimum absolute atomic E-state index is 0.191. The molecule has 1 aliphatic carbocycles. The summed E-state index contributed by atoms with van der Waals surface area (Å²) in [5.74, 6) is 0. The molecule has 1 saturated heterocycles. The summed E-state index contributed by atoms with van der Waals surface area (Å²) in [7, 11) is -1.54. The first-order valence-electron chi connectivity index (χ1n) is 7.71. The van der Waals surface area contributed by atoms with Crippen molar-refractivity contribution in [1.82, 2.24) is 13.5 Å². The van der Waals surface area contributed by atoms with Crippen LogP contribution in [0.15, 0.2) is 0 Å². The van der Waals surface area contributed by atoms with Crippen LogP contribution in [0.1, 0.15) is 32.1 Å². The fourth-order valence-corrected chi connectivity index (χ4v) is 4.76. The standard InChI is InChI=1S/C13H28N4O2S/c1-15(13-5-3-2-4-6-13)20(18,19)17-11-9-16(8-7-14)10-12-17/h13H,2-12,14H2,1H3. The van der Waals surface area contributed by atoms with E-state index in [0.29, 0.717) is 19.6 Å². The van der Waals surface area contributed by atoms with Gasteiger partial charge in [-0.15, -0.1) is 0 Å². The summed E-state index contributed by atoms with van der Waals surface area (Å²) in [5, 5.41) is 0. The van der Waals surface area contributed by atoms with E-state index in [-0.39, 0.29) is 6.04 Å². The van der Waals surface area contributed by atoms with Crippen LogP contribution in [0.4, 0.5) is 0 Å². The Labute approximate surface area is 123 Å². The first kappa shape index (κ1) is 16.2. The molecule has 0 atom stereocenters. The molecule has 0 unspecified atom stereocenters. The molecule has 1 heterocycles. The van der Waals surface area contributed by atoms with Gasteiger partial charge in [-0.05, 0) is 12.8 Å². The second kappa shape index (κ2) is 7.17. The predicted molar refractivity (Wildman–Crippen MR) is 80.6 cm³/mol. The average Bonchev–Trinajstić information content (AvgIpc) is 2.48. The van der Waals surface area contributed by atoms with Gasteiger partial charge < -0.3 is 5.73 Å². The zero-order valence-electron chi connectivity index (χ0n) is 12.5. The van der Waals surface area contributed by atoms with Gasteiger partial charge in [0.15, 0.2) is 0 Å². The van der Waals surface area contributed by atoms with Crippen LogP contribution in [-0.4, -0.2) is 74.3 Å². The number of hydrogen-bond donors (Lipinski definition) is 1. The number of rotatable bonds is 5. The fraction of sp³-hybridized carbons (Fsp3) is 1.00. The second-order valence-corrected chi connectivity index (χ2v) is 7.83. The highest BCUT2D eigenvalue weighted by Gasteiger charge is 2.34. The van der Waals surface area contributed by atoms with Gasteiger partial charge in [-0.3, -0.25) is 4.90 Å². The van der Waals surface area contributed by atoms with Gasteiger partial charge in [-0.25, -0.2) is 0 Å². The van der Waals surface area contributed by atoms with E-state index in [0.717, 1.165) is 45.3 Å². The Bertz CT molecular complexity index is 387. The highest BCUT2D eigenvalue weighted by molar-refractivity contribution is 7.86. The van der Waals surface area contributed by atoms with Crippen LogP contribution < -0.4 is 5.73 Å². The average molecular weight is 304 g/mol. The third-order valence-corrected chi connectivity index (χ3v) is 6.60. The highest BCUT2D eigenvalue weighted by atomic mass is 32.2. The van der Waals surface area contributed by atoms with Crippen LogP contribution in [0.3, 0.4) is 0 Å². The number of hydrogen-bond acceptors (Lipinski definition) is 4. The highest BCUT2D eigenvalue weighted by Crippen LogP contribution is 2.25. The summed E-state index contributed by atoms with van der Waals surface area (Å²) in [4.78, 5) is 2.23. The van der Waals surface area contributed by atoms with Gasteiger partial charge in [-0.2, -0.15) is 17.0 Å². The summed E-state index contributed by atoms with van der Waals surface area (Å²) in [6.45, 7) is 4.23. The van der Waals surface area contributed by atoms with E-state index in [2.05, 4.69) is 4.90 Å². The van der Waals surface area contributed by atoms with Crippen LogP contribution in [0, 0.1) is 0 Å². The molecule has 2 rings (SSSR count). The molecule has 7 heteroatoms. The van der Waals surface area contributed by atoms with E-state index in [9.17, 15) is 8.42 Å².